The Morgan fingerprint density at radius 2 is 1.89 bits per heavy atom. The average Bonchev–Trinajstić information content (AvgIpc) is 2.89. The summed E-state index contributed by atoms with van der Waals surface area (Å²) in [6, 6.07) is 3.72. The van der Waals surface area contributed by atoms with Gasteiger partial charge in [0.2, 0.25) is 5.91 Å². The summed E-state index contributed by atoms with van der Waals surface area (Å²) in [5.74, 6) is -0.0240. The zero-order valence-electron chi connectivity index (χ0n) is 20.0. The summed E-state index contributed by atoms with van der Waals surface area (Å²) < 4.78 is 5.00. The van der Waals surface area contributed by atoms with Gasteiger partial charge in [0.25, 0.3) is 0 Å². The average molecular weight is 494 g/mol. The van der Waals surface area contributed by atoms with Crippen LogP contribution in [0.1, 0.15) is 18.4 Å². The summed E-state index contributed by atoms with van der Waals surface area (Å²) in [6.07, 6.45) is 8.66. The molecular weight excluding hydrogens is 466 g/mol. The van der Waals surface area contributed by atoms with Crippen molar-refractivity contribution < 1.29 is 14.3 Å². The van der Waals surface area contributed by atoms with Crippen LogP contribution in [-0.4, -0.2) is 87.8 Å². The molecule has 0 aliphatic carbocycles. The van der Waals surface area contributed by atoms with E-state index in [1.807, 2.05) is 29.5 Å². The first kappa shape index (κ1) is 23.4. The van der Waals surface area contributed by atoms with Crippen molar-refractivity contribution in [2.75, 3.05) is 45.0 Å². The van der Waals surface area contributed by atoms with E-state index in [9.17, 15) is 9.59 Å². The van der Waals surface area contributed by atoms with Gasteiger partial charge in [-0.05, 0) is 31.2 Å². The Morgan fingerprint density at radius 1 is 1.14 bits per heavy atom. The fourth-order valence-electron chi connectivity index (χ4n) is 4.72. The van der Waals surface area contributed by atoms with Crippen LogP contribution in [0.15, 0.2) is 35.9 Å². The van der Waals surface area contributed by atoms with Crippen molar-refractivity contribution in [2.45, 2.75) is 30.6 Å². The molecule has 0 spiro atoms. The van der Waals surface area contributed by atoms with Gasteiger partial charge in [-0.15, -0.1) is 0 Å². The maximum Gasteiger partial charge on any atom is 0.324 e. The van der Waals surface area contributed by atoms with Gasteiger partial charge >= 0.3 is 6.03 Å². The number of piperidine rings is 1. The van der Waals surface area contributed by atoms with Gasteiger partial charge < -0.3 is 14.5 Å². The van der Waals surface area contributed by atoms with Crippen LogP contribution in [0.4, 0.5) is 10.5 Å². The summed E-state index contributed by atoms with van der Waals surface area (Å²) in [5, 5.41) is 0.698. The number of hydrogen-bond donors (Lipinski definition) is 0. The van der Waals surface area contributed by atoms with E-state index < -0.39 is 0 Å². The third-order valence-electron chi connectivity index (χ3n) is 6.50. The Hall–Kier alpha value is -3.31. The predicted octanol–water partition coefficient (Wildman–Crippen LogP) is 2.82. The van der Waals surface area contributed by atoms with Crippen molar-refractivity contribution in [1.29, 1.82) is 0 Å². The van der Waals surface area contributed by atoms with Crippen LogP contribution in [0.2, 0.25) is 0 Å². The maximum atomic E-state index is 13.5. The smallest absolute Gasteiger partial charge is 0.324 e. The molecule has 3 aromatic rings. The Balaban J connectivity index is 1.53. The summed E-state index contributed by atoms with van der Waals surface area (Å²) in [7, 11) is 3.32. The van der Waals surface area contributed by atoms with Crippen molar-refractivity contribution in [3.05, 3.63) is 36.3 Å². The second-order valence-electron chi connectivity index (χ2n) is 8.71. The number of thioether (sulfide) groups is 1. The molecule has 0 radical (unpaired) electrons. The third kappa shape index (κ3) is 4.41. The van der Waals surface area contributed by atoms with Crippen molar-refractivity contribution >= 4 is 40.4 Å². The predicted molar refractivity (Wildman–Crippen MR) is 133 cm³/mol. The number of nitrogens with zero attached hydrogens (tertiary/aromatic N) is 7. The lowest BCUT2D eigenvalue weighted by Gasteiger charge is -2.43. The van der Waals surface area contributed by atoms with Crippen LogP contribution in [0.3, 0.4) is 0 Å². The van der Waals surface area contributed by atoms with E-state index in [1.165, 1.54) is 18.9 Å². The van der Waals surface area contributed by atoms with E-state index in [0.717, 1.165) is 28.0 Å². The van der Waals surface area contributed by atoms with Gasteiger partial charge in [-0.3, -0.25) is 14.7 Å². The third-order valence-corrected chi connectivity index (χ3v) is 7.08. The number of urea groups is 1. The van der Waals surface area contributed by atoms with Gasteiger partial charge in [-0.25, -0.2) is 19.7 Å². The zero-order chi connectivity index (χ0) is 24.5. The lowest BCUT2D eigenvalue weighted by molar-refractivity contribution is -0.136. The normalized spacial score (nSPS) is 16.7. The Labute approximate surface area is 207 Å². The minimum absolute atomic E-state index is 0.0240. The van der Waals surface area contributed by atoms with E-state index in [2.05, 4.69) is 15.0 Å². The molecule has 35 heavy (non-hydrogen) atoms. The quantitative estimate of drug-likeness (QED) is 0.395. The van der Waals surface area contributed by atoms with Gasteiger partial charge in [0, 0.05) is 63.0 Å². The Kier molecular flexibility index (Phi) is 6.52. The molecule has 2 aliphatic heterocycles. The lowest BCUT2D eigenvalue weighted by Crippen LogP contribution is -2.54. The van der Waals surface area contributed by atoms with Gasteiger partial charge in [0.1, 0.15) is 12.1 Å². The number of carbonyl (C=O) groups is 2. The Morgan fingerprint density at radius 3 is 2.57 bits per heavy atom. The van der Waals surface area contributed by atoms with Crippen LogP contribution in [0, 0.1) is 0 Å². The van der Waals surface area contributed by atoms with E-state index >= 15 is 0 Å². The van der Waals surface area contributed by atoms with E-state index in [1.54, 1.807) is 29.2 Å². The SMILES string of the molecule is COCC(=O)N1CCC(N2C(=O)N(C)Cc3cnc4ccc(-c5cnc(SC)nc5)nc4c32)CC1. The summed E-state index contributed by atoms with van der Waals surface area (Å²) in [6.45, 7) is 1.70. The fourth-order valence-corrected chi connectivity index (χ4v) is 5.04. The molecule has 10 nitrogen and oxygen atoms in total. The first-order valence-corrected chi connectivity index (χ1v) is 12.7. The number of likely N-dealkylation sites (tertiary alicyclic amines) is 1. The lowest BCUT2D eigenvalue weighted by atomic mass is 9.99. The first-order chi connectivity index (χ1) is 17.0. The number of anilines is 1. The van der Waals surface area contributed by atoms with Crippen LogP contribution in [0.5, 0.6) is 0 Å². The fraction of sp³-hybridized carbons (Fsp3) is 0.417. The van der Waals surface area contributed by atoms with E-state index in [4.69, 9.17) is 9.72 Å². The molecule has 0 bridgehead atoms. The molecule has 11 heteroatoms. The molecule has 5 heterocycles. The van der Waals surface area contributed by atoms with Crippen molar-refractivity contribution in [1.82, 2.24) is 29.7 Å². The van der Waals surface area contributed by atoms with E-state index in [-0.39, 0.29) is 24.6 Å². The highest BCUT2D eigenvalue weighted by atomic mass is 32.2. The van der Waals surface area contributed by atoms with Gasteiger partial charge in [0.15, 0.2) is 5.16 Å². The van der Waals surface area contributed by atoms with Gasteiger partial charge in [0.05, 0.1) is 23.4 Å². The van der Waals surface area contributed by atoms with Crippen LogP contribution < -0.4 is 4.90 Å². The maximum absolute atomic E-state index is 13.5. The van der Waals surface area contributed by atoms with Crippen molar-refractivity contribution in [2.24, 2.45) is 0 Å². The molecule has 0 aromatic carbocycles. The number of aromatic nitrogens is 4. The highest BCUT2D eigenvalue weighted by molar-refractivity contribution is 7.98. The first-order valence-electron chi connectivity index (χ1n) is 11.5. The van der Waals surface area contributed by atoms with Crippen LogP contribution in [0.25, 0.3) is 22.3 Å². The standard InChI is InChI=1S/C24H27N7O3S/c1-29-13-16-12-25-19-5-4-18(15-10-26-23(35-3)27-11-15)28-21(19)22(16)31(24(29)33)17-6-8-30(9-7-17)20(32)14-34-2/h4-5,10-12,17H,6-9,13-14H2,1-3H3. The highest BCUT2D eigenvalue weighted by Crippen LogP contribution is 2.37. The highest BCUT2D eigenvalue weighted by Gasteiger charge is 2.37. The Bertz CT molecular complexity index is 1260. The molecule has 0 atom stereocenters. The summed E-state index contributed by atoms with van der Waals surface area (Å²) in [5.41, 5.74) is 4.71. The molecule has 0 unspecified atom stereocenters. The number of pyridine rings is 2. The van der Waals surface area contributed by atoms with Crippen molar-refractivity contribution in [3.8, 4) is 11.3 Å². The molecular formula is C24H27N7O3S. The molecule has 1 saturated heterocycles. The van der Waals surface area contributed by atoms with Crippen LogP contribution >= 0.6 is 11.8 Å². The summed E-state index contributed by atoms with van der Waals surface area (Å²) in [4.78, 5) is 49.4. The number of hydrogen-bond acceptors (Lipinski definition) is 8. The monoisotopic (exact) mass is 493 g/mol. The molecule has 2 aliphatic rings. The number of carbonyl (C=O) groups excluding carboxylic acids is 2. The largest absolute Gasteiger partial charge is 0.375 e. The van der Waals surface area contributed by atoms with E-state index in [0.29, 0.717) is 43.1 Å². The summed E-state index contributed by atoms with van der Waals surface area (Å²) >= 11 is 1.48. The molecule has 0 saturated carbocycles. The van der Waals surface area contributed by atoms with Crippen molar-refractivity contribution in [3.63, 3.8) is 0 Å². The molecule has 182 valence electrons. The number of fused-ring (bicyclic) bond motifs is 3. The number of methoxy groups -OCH3 is 1. The molecule has 5 rings (SSSR count). The van der Waals surface area contributed by atoms with Crippen LogP contribution in [-0.2, 0) is 16.1 Å². The number of rotatable bonds is 5. The molecule has 3 amide bonds. The van der Waals surface area contributed by atoms with Gasteiger partial charge in [-0.1, -0.05) is 11.8 Å². The number of ether oxygens (including phenoxy) is 1. The second-order valence-corrected chi connectivity index (χ2v) is 9.48. The molecule has 3 aromatic heterocycles. The minimum atomic E-state index is -0.0634. The zero-order valence-corrected chi connectivity index (χ0v) is 20.8. The topological polar surface area (TPSA) is 105 Å². The van der Waals surface area contributed by atoms with Gasteiger partial charge in [-0.2, -0.15) is 0 Å². The number of amides is 3. The molecule has 0 N–H and O–H groups in total. The molecule has 1 fully saturated rings. The second kappa shape index (κ2) is 9.74. The minimum Gasteiger partial charge on any atom is -0.375 e.